The van der Waals surface area contributed by atoms with Gasteiger partial charge in [-0.15, -0.1) is 0 Å². The lowest BCUT2D eigenvalue weighted by Crippen LogP contribution is -2.39. The Balaban J connectivity index is 2.32. The Hall–Kier alpha value is -1.65. The zero-order valence-electron chi connectivity index (χ0n) is 8.90. The predicted molar refractivity (Wildman–Crippen MR) is 55.9 cm³/mol. The molecule has 1 saturated carbocycles. The molecule has 0 saturated heterocycles. The summed E-state index contributed by atoms with van der Waals surface area (Å²) in [4.78, 5) is 9.98. The number of halogens is 1. The summed E-state index contributed by atoms with van der Waals surface area (Å²) in [6, 6.07) is 3.92. The molecule has 0 amide bonds. The van der Waals surface area contributed by atoms with Gasteiger partial charge in [-0.1, -0.05) is 6.07 Å². The standard InChI is InChI=1S/C11H12FNO3/c1-11(6-3-7-11)16-9-5-2-4-8(12)10(9)13(14)15/h2,4-5H,3,6-7H2,1H3. The van der Waals surface area contributed by atoms with Crippen molar-refractivity contribution in [2.24, 2.45) is 0 Å². The van der Waals surface area contributed by atoms with Gasteiger partial charge in [-0.05, 0) is 38.3 Å². The van der Waals surface area contributed by atoms with Crippen LogP contribution in [0.2, 0.25) is 0 Å². The minimum atomic E-state index is -0.856. The van der Waals surface area contributed by atoms with Crippen LogP contribution in [0.4, 0.5) is 10.1 Å². The monoisotopic (exact) mass is 225 g/mol. The van der Waals surface area contributed by atoms with E-state index in [2.05, 4.69) is 0 Å². The van der Waals surface area contributed by atoms with Gasteiger partial charge in [0.25, 0.3) is 0 Å². The van der Waals surface area contributed by atoms with E-state index < -0.39 is 16.4 Å². The van der Waals surface area contributed by atoms with Crippen molar-refractivity contribution >= 4 is 5.69 Å². The summed E-state index contributed by atoms with van der Waals surface area (Å²) >= 11 is 0. The van der Waals surface area contributed by atoms with E-state index in [1.54, 1.807) is 0 Å². The molecule has 0 aromatic heterocycles. The minimum Gasteiger partial charge on any atom is -0.480 e. The first-order chi connectivity index (χ1) is 7.52. The molecule has 16 heavy (non-hydrogen) atoms. The molecule has 0 spiro atoms. The van der Waals surface area contributed by atoms with Crippen LogP contribution >= 0.6 is 0 Å². The van der Waals surface area contributed by atoms with Crippen LogP contribution in [-0.2, 0) is 0 Å². The molecule has 1 aliphatic rings. The third-order valence-corrected chi connectivity index (χ3v) is 2.90. The molecule has 0 bridgehead atoms. The summed E-state index contributed by atoms with van der Waals surface area (Å²) in [6.45, 7) is 1.88. The van der Waals surface area contributed by atoms with Crippen LogP contribution in [0.3, 0.4) is 0 Å². The fourth-order valence-electron chi connectivity index (χ4n) is 1.80. The number of nitro groups is 1. The van der Waals surface area contributed by atoms with E-state index >= 15 is 0 Å². The molecule has 0 radical (unpaired) electrons. The van der Waals surface area contributed by atoms with Crippen LogP contribution in [0, 0.1) is 15.9 Å². The van der Waals surface area contributed by atoms with E-state index in [-0.39, 0.29) is 11.4 Å². The van der Waals surface area contributed by atoms with Crippen molar-refractivity contribution in [3.05, 3.63) is 34.1 Å². The summed E-state index contributed by atoms with van der Waals surface area (Å²) in [5, 5.41) is 10.7. The highest BCUT2D eigenvalue weighted by molar-refractivity contribution is 5.47. The summed E-state index contributed by atoms with van der Waals surface area (Å²) in [7, 11) is 0. The van der Waals surface area contributed by atoms with Gasteiger partial charge in [-0.2, -0.15) is 4.39 Å². The van der Waals surface area contributed by atoms with Crippen LogP contribution in [0.5, 0.6) is 5.75 Å². The zero-order chi connectivity index (χ0) is 11.8. The Morgan fingerprint density at radius 2 is 2.19 bits per heavy atom. The summed E-state index contributed by atoms with van der Waals surface area (Å²) < 4.78 is 18.8. The maximum Gasteiger partial charge on any atom is 0.346 e. The van der Waals surface area contributed by atoms with Gasteiger partial charge in [0.1, 0.15) is 5.60 Å². The zero-order valence-corrected chi connectivity index (χ0v) is 8.90. The molecule has 4 nitrogen and oxygen atoms in total. The van der Waals surface area contributed by atoms with Crippen molar-refractivity contribution in [1.29, 1.82) is 0 Å². The molecule has 86 valence electrons. The first-order valence-electron chi connectivity index (χ1n) is 5.14. The van der Waals surface area contributed by atoms with Gasteiger partial charge in [0, 0.05) is 0 Å². The number of hydrogen-bond donors (Lipinski definition) is 0. The third-order valence-electron chi connectivity index (χ3n) is 2.90. The quantitative estimate of drug-likeness (QED) is 0.586. The molecule has 1 fully saturated rings. The Labute approximate surface area is 92.2 Å². The molecule has 0 unspecified atom stereocenters. The van der Waals surface area contributed by atoms with Crippen molar-refractivity contribution in [2.75, 3.05) is 0 Å². The third kappa shape index (κ3) is 1.85. The van der Waals surface area contributed by atoms with E-state index in [1.165, 1.54) is 12.1 Å². The van der Waals surface area contributed by atoms with Crippen LogP contribution < -0.4 is 4.74 Å². The van der Waals surface area contributed by atoms with Crippen molar-refractivity contribution < 1.29 is 14.1 Å². The molecule has 1 aromatic rings. The summed E-state index contributed by atoms with van der Waals surface area (Å²) in [5.41, 5.74) is -0.950. The van der Waals surface area contributed by atoms with Gasteiger partial charge in [0.05, 0.1) is 4.92 Å². The normalized spacial score (nSPS) is 17.6. The van der Waals surface area contributed by atoms with E-state index in [4.69, 9.17) is 4.74 Å². The number of rotatable bonds is 3. The van der Waals surface area contributed by atoms with Gasteiger partial charge in [0.2, 0.25) is 11.6 Å². The van der Waals surface area contributed by atoms with Gasteiger partial charge < -0.3 is 4.74 Å². The average molecular weight is 225 g/mol. The molecule has 5 heteroatoms. The van der Waals surface area contributed by atoms with Crippen LogP contribution in [0.1, 0.15) is 26.2 Å². The van der Waals surface area contributed by atoms with Gasteiger partial charge >= 0.3 is 5.69 Å². The minimum absolute atomic E-state index is 0.0206. The van der Waals surface area contributed by atoms with E-state index in [0.29, 0.717) is 0 Å². The SMILES string of the molecule is CC1(Oc2cccc(F)c2[N+](=O)[O-])CCC1. The summed E-state index contributed by atoms with van der Waals surface area (Å²) in [6.07, 6.45) is 2.74. The van der Waals surface area contributed by atoms with Crippen LogP contribution in [0.25, 0.3) is 0 Å². The van der Waals surface area contributed by atoms with Crippen molar-refractivity contribution in [3.8, 4) is 5.75 Å². The molecule has 2 rings (SSSR count). The lowest BCUT2D eigenvalue weighted by Gasteiger charge is -2.38. The fraction of sp³-hybridized carbons (Fsp3) is 0.455. The Bertz CT molecular complexity index is 429. The topological polar surface area (TPSA) is 52.4 Å². The molecule has 1 aromatic carbocycles. The molecule has 0 heterocycles. The first-order valence-corrected chi connectivity index (χ1v) is 5.14. The number of nitrogens with zero attached hydrogens (tertiary/aromatic N) is 1. The van der Waals surface area contributed by atoms with Gasteiger partial charge in [0.15, 0.2) is 0 Å². The van der Waals surface area contributed by atoms with Crippen molar-refractivity contribution in [2.45, 2.75) is 31.8 Å². The van der Waals surface area contributed by atoms with E-state index in [1.807, 2.05) is 6.92 Å². The average Bonchev–Trinajstić information content (AvgIpc) is 2.14. The highest BCUT2D eigenvalue weighted by Crippen LogP contribution is 2.39. The number of benzene rings is 1. The van der Waals surface area contributed by atoms with Crippen molar-refractivity contribution in [1.82, 2.24) is 0 Å². The number of nitro benzene ring substituents is 1. The molecular weight excluding hydrogens is 213 g/mol. The number of hydrogen-bond acceptors (Lipinski definition) is 3. The molecule has 0 N–H and O–H groups in total. The molecule has 0 aliphatic heterocycles. The predicted octanol–water partition coefficient (Wildman–Crippen LogP) is 3.06. The van der Waals surface area contributed by atoms with Crippen molar-refractivity contribution in [3.63, 3.8) is 0 Å². The van der Waals surface area contributed by atoms with E-state index in [0.717, 1.165) is 25.3 Å². The van der Waals surface area contributed by atoms with Crippen LogP contribution in [-0.4, -0.2) is 10.5 Å². The van der Waals surface area contributed by atoms with Gasteiger partial charge in [-0.25, -0.2) is 0 Å². The molecule has 1 aliphatic carbocycles. The maximum atomic E-state index is 13.3. The lowest BCUT2D eigenvalue weighted by atomic mass is 9.82. The lowest BCUT2D eigenvalue weighted by molar-refractivity contribution is -0.389. The van der Waals surface area contributed by atoms with E-state index in [9.17, 15) is 14.5 Å². The maximum absolute atomic E-state index is 13.3. The molecule has 0 atom stereocenters. The number of para-hydroxylation sites is 1. The molecular formula is C11H12FNO3. The van der Waals surface area contributed by atoms with Gasteiger partial charge in [-0.3, -0.25) is 10.1 Å². The second-order valence-corrected chi connectivity index (χ2v) is 4.25. The highest BCUT2D eigenvalue weighted by atomic mass is 19.1. The Morgan fingerprint density at radius 3 is 2.69 bits per heavy atom. The fourth-order valence-corrected chi connectivity index (χ4v) is 1.80. The second kappa shape index (κ2) is 3.73. The Kier molecular flexibility index (Phi) is 2.53. The van der Waals surface area contributed by atoms with Crippen LogP contribution in [0.15, 0.2) is 18.2 Å². The summed E-state index contributed by atoms with van der Waals surface area (Å²) in [5.74, 6) is -0.836. The first kappa shape index (κ1) is 10.9. The second-order valence-electron chi connectivity index (χ2n) is 4.25. The smallest absolute Gasteiger partial charge is 0.346 e. The highest BCUT2D eigenvalue weighted by Gasteiger charge is 2.36. The Morgan fingerprint density at radius 1 is 1.50 bits per heavy atom. The largest absolute Gasteiger partial charge is 0.480 e. The number of ether oxygens (including phenoxy) is 1.